The number of azide groups is 1. The van der Waals surface area contributed by atoms with Crippen LogP contribution in [0.15, 0.2) is 35.5 Å². The number of aliphatic hydroxyl groups is 2. The van der Waals surface area contributed by atoms with Gasteiger partial charge in [0.2, 0.25) is 0 Å². The maximum atomic E-state index is 10.3. The number of carbonyl (C=O) groups is 1. The average molecular weight is 263 g/mol. The van der Waals surface area contributed by atoms with Crippen LogP contribution in [-0.4, -0.2) is 33.9 Å². The van der Waals surface area contributed by atoms with Crippen LogP contribution in [-0.2, 0) is 4.79 Å². The second-order valence-electron chi connectivity index (χ2n) is 3.76. The Labute approximate surface area is 109 Å². The molecule has 0 heterocycles. The number of carboxylic acid groups (broad SMARTS) is 1. The lowest BCUT2D eigenvalue weighted by Crippen LogP contribution is -2.21. The lowest BCUT2D eigenvalue weighted by atomic mass is 10.0. The lowest BCUT2D eigenvalue weighted by Gasteiger charge is -2.16. The molecule has 2 atom stereocenters. The summed E-state index contributed by atoms with van der Waals surface area (Å²) in [5.41, 5.74) is 9.23. The van der Waals surface area contributed by atoms with Crippen LogP contribution in [0, 0.1) is 0 Å². The summed E-state index contributed by atoms with van der Waals surface area (Å²) < 4.78 is 0. The van der Waals surface area contributed by atoms with Gasteiger partial charge in [-0.2, -0.15) is 0 Å². The first-order chi connectivity index (χ1) is 9.04. The van der Waals surface area contributed by atoms with Gasteiger partial charge in [0.1, 0.15) is 6.10 Å². The van der Waals surface area contributed by atoms with Gasteiger partial charge in [0.15, 0.2) is 0 Å². The van der Waals surface area contributed by atoms with Crippen LogP contribution in [0.5, 0.6) is 0 Å². The number of hydrogen-bond donors (Lipinski definition) is 3. The van der Waals surface area contributed by atoms with E-state index in [2.05, 4.69) is 10.0 Å². The van der Waals surface area contributed by atoms with Crippen molar-refractivity contribution < 1.29 is 20.1 Å². The highest BCUT2D eigenvalue weighted by atomic mass is 16.4. The van der Waals surface area contributed by atoms with Gasteiger partial charge < -0.3 is 15.3 Å². The van der Waals surface area contributed by atoms with E-state index in [-0.39, 0.29) is 6.54 Å². The van der Waals surface area contributed by atoms with Crippen molar-refractivity contribution >= 4 is 12.0 Å². The molecule has 0 aliphatic rings. The monoisotopic (exact) mass is 263 g/mol. The number of rotatable bonds is 6. The number of carboxylic acids is 1. The molecule has 0 aromatic heterocycles. The summed E-state index contributed by atoms with van der Waals surface area (Å²) in [5, 5.41) is 31.0. The zero-order valence-corrected chi connectivity index (χ0v) is 9.92. The molecule has 0 saturated carbocycles. The van der Waals surface area contributed by atoms with Crippen LogP contribution >= 0.6 is 0 Å². The van der Waals surface area contributed by atoms with Crippen molar-refractivity contribution in [1.82, 2.24) is 0 Å². The number of nitrogens with zero attached hydrogens (tertiary/aromatic N) is 3. The number of benzene rings is 1. The van der Waals surface area contributed by atoms with Gasteiger partial charge >= 0.3 is 5.97 Å². The standard InChI is InChI=1S/C12H13N3O4/c13-15-14-7-10(16)12(19)9-4-1-8(2-5-9)3-6-11(17)18/h1-6,10,12,16,19H,7H2,(H,17,18)/b6-3+. The summed E-state index contributed by atoms with van der Waals surface area (Å²) in [4.78, 5) is 12.8. The van der Waals surface area contributed by atoms with Gasteiger partial charge in [-0.1, -0.05) is 29.4 Å². The van der Waals surface area contributed by atoms with Crippen LogP contribution in [0.4, 0.5) is 0 Å². The van der Waals surface area contributed by atoms with Gasteiger partial charge in [-0.05, 0) is 22.7 Å². The molecule has 3 N–H and O–H groups in total. The Hall–Kier alpha value is -2.34. The van der Waals surface area contributed by atoms with Crippen LogP contribution in [0.25, 0.3) is 16.5 Å². The first-order valence-electron chi connectivity index (χ1n) is 5.42. The van der Waals surface area contributed by atoms with Crippen LogP contribution < -0.4 is 0 Å². The minimum atomic E-state index is -1.18. The summed E-state index contributed by atoms with van der Waals surface area (Å²) in [6.45, 7) is -0.224. The average Bonchev–Trinajstić information content (AvgIpc) is 2.42. The van der Waals surface area contributed by atoms with Crippen molar-refractivity contribution in [1.29, 1.82) is 0 Å². The van der Waals surface area contributed by atoms with E-state index >= 15 is 0 Å². The van der Waals surface area contributed by atoms with E-state index in [1.807, 2.05) is 0 Å². The van der Waals surface area contributed by atoms with Gasteiger partial charge in [-0.3, -0.25) is 0 Å². The number of aliphatic hydroxyl groups excluding tert-OH is 2. The Balaban J connectivity index is 2.75. The zero-order valence-electron chi connectivity index (χ0n) is 9.92. The molecule has 1 aromatic carbocycles. The molecule has 0 saturated heterocycles. The maximum Gasteiger partial charge on any atom is 0.328 e. The van der Waals surface area contributed by atoms with Gasteiger partial charge in [0.25, 0.3) is 0 Å². The Morgan fingerprint density at radius 3 is 2.53 bits per heavy atom. The molecule has 0 spiro atoms. The highest BCUT2D eigenvalue weighted by Crippen LogP contribution is 2.18. The molecular weight excluding hydrogens is 250 g/mol. The summed E-state index contributed by atoms with van der Waals surface area (Å²) in [7, 11) is 0. The number of hydrogen-bond acceptors (Lipinski definition) is 4. The third-order valence-corrected chi connectivity index (χ3v) is 2.39. The second-order valence-corrected chi connectivity index (χ2v) is 3.76. The van der Waals surface area contributed by atoms with E-state index in [9.17, 15) is 15.0 Å². The molecule has 2 unspecified atom stereocenters. The van der Waals surface area contributed by atoms with E-state index < -0.39 is 18.2 Å². The maximum absolute atomic E-state index is 10.3. The summed E-state index contributed by atoms with van der Waals surface area (Å²) >= 11 is 0. The normalized spacial score (nSPS) is 13.8. The number of aliphatic carboxylic acids is 1. The zero-order chi connectivity index (χ0) is 14.3. The molecule has 1 rings (SSSR count). The predicted octanol–water partition coefficient (Wildman–Crippen LogP) is 1.49. The third kappa shape index (κ3) is 4.81. The van der Waals surface area contributed by atoms with Crippen LogP contribution in [0.1, 0.15) is 17.2 Å². The summed E-state index contributed by atoms with van der Waals surface area (Å²) in [6, 6.07) is 6.34. The highest BCUT2D eigenvalue weighted by molar-refractivity contribution is 5.85. The van der Waals surface area contributed by atoms with E-state index in [0.29, 0.717) is 11.1 Å². The van der Waals surface area contributed by atoms with Gasteiger partial charge in [0, 0.05) is 11.0 Å². The molecule has 100 valence electrons. The fraction of sp³-hybridized carbons (Fsp3) is 0.250. The van der Waals surface area contributed by atoms with E-state index in [1.165, 1.54) is 6.08 Å². The summed E-state index contributed by atoms with van der Waals surface area (Å²) in [5.74, 6) is -1.05. The van der Waals surface area contributed by atoms with Gasteiger partial charge in [-0.15, -0.1) is 0 Å². The highest BCUT2D eigenvalue weighted by Gasteiger charge is 2.17. The molecular formula is C12H13N3O4. The van der Waals surface area contributed by atoms with Gasteiger partial charge in [-0.25, -0.2) is 4.79 Å². The Bertz CT molecular complexity index is 506. The third-order valence-electron chi connectivity index (χ3n) is 2.39. The predicted molar refractivity (Wildman–Crippen MR) is 68.1 cm³/mol. The largest absolute Gasteiger partial charge is 0.478 e. The van der Waals surface area contributed by atoms with Crippen LogP contribution in [0.3, 0.4) is 0 Å². The lowest BCUT2D eigenvalue weighted by molar-refractivity contribution is -0.131. The van der Waals surface area contributed by atoms with Crippen molar-refractivity contribution in [3.05, 3.63) is 51.9 Å². The molecule has 1 aromatic rings. The summed E-state index contributed by atoms with van der Waals surface area (Å²) in [6.07, 6.45) is 0.0656. The second kappa shape index (κ2) is 7.17. The smallest absolute Gasteiger partial charge is 0.328 e. The van der Waals surface area contributed by atoms with Crippen molar-refractivity contribution in [3.8, 4) is 0 Å². The van der Waals surface area contributed by atoms with Crippen molar-refractivity contribution in [2.45, 2.75) is 12.2 Å². The Morgan fingerprint density at radius 2 is 2.00 bits per heavy atom. The molecule has 7 heteroatoms. The molecule has 0 bridgehead atoms. The van der Waals surface area contributed by atoms with Crippen molar-refractivity contribution in [2.75, 3.05) is 6.54 Å². The minimum absolute atomic E-state index is 0.224. The SMILES string of the molecule is [N-]=[N+]=NCC(O)C(O)c1ccc(/C=C/C(=O)O)cc1. The molecule has 19 heavy (non-hydrogen) atoms. The molecule has 0 aliphatic carbocycles. The molecule has 0 amide bonds. The fourth-order valence-corrected chi connectivity index (χ4v) is 1.41. The Morgan fingerprint density at radius 1 is 1.37 bits per heavy atom. The van der Waals surface area contributed by atoms with E-state index in [1.54, 1.807) is 24.3 Å². The molecule has 0 fully saturated rings. The van der Waals surface area contributed by atoms with Gasteiger partial charge in [0.05, 0.1) is 12.6 Å². The molecule has 7 nitrogen and oxygen atoms in total. The molecule has 0 radical (unpaired) electrons. The molecule has 0 aliphatic heterocycles. The van der Waals surface area contributed by atoms with Crippen LogP contribution in [0.2, 0.25) is 0 Å². The van der Waals surface area contributed by atoms with E-state index in [4.69, 9.17) is 10.6 Å². The Kier molecular flexibility index (Phi) is 5.56. The fourth-order valence-electron chi connectivity index (χ4n) is 1.41. The first kappa shape index (κ1) is 14.7. The van der Waals surface area contributed by atoms with Crippen molar-refractivity contribution in [2.24, 2.45) is 5.11 Å². The topological polar surface area (TPSA) is 127 Å². The van der Waals surface area contributed by atoms with E-state index in [0.717, 1.165) is 6.08 Å². The first-order valence-corrected chi connectivity index (χ1v) is 5.42. The van der Waals surface area contributed by atoms with Crippen molar-refractivity contribution in [3.63, 3.8) is 0 Å². The minimum Gasteiger partial charge on any atom is -0.478 e. The quantitative estimate of drug-likeness (QED) is 0.311.